The van der Waals surface area contributed by atoms with Gasteiger partial charge in [-0.25, -0.2) is 9.78 Å². The van der Waals surface area contributed by atoms with Crippen molar-refractivity contribution in [3.05, 3.63) is 46.6 Å². The van der Waals surface area contributed by atoms with Crippen LogP contribution in [0.15, 0.2) is 45.6 Å². The van der Waals surface area contributed by atoms with E-state index in [0.29, 0.717) is 22.6 Å². The fraction of sp³-hybridized carbons (Fsp3) is 0.188. The second-order valence-corrected chi connectivity index (χ2v) is 5.37. The van der Waals surface area contributed by atoms with E-state index in [0.717, 1.165) is 12.8 Å². The number of aromatic nitrogens is 1. The number of amides is 2. The molecule has 4 rings (SSSR count). The first-order valence-corrected chi connectivity index (χ1v) is 7.10. The number of nitrogens with one attached hydrogen (secondary N) is 2. The third kappa shape index (κ3) is 2.39. The van der Waals surface area contributed by atoms with Crippen molar-refractivity contribution < 1.29 is 9.21 Å². The standard InChI is InChI=1S/C16H13N3O3/c20-13-8-15-12(18-10-3-1-2-4-14(10)22-15)7-11(13)19-16(21)17-9-5-6-9/h1-4,7-9H,5-6H2,(H2,17,19,21). The molecule has 1 aromatic carbocycles. The van der Waals surface area contributed by atoms with E-state index in [-0.39, 0.29) is 23.2 Å². The molecule has 0 spiro atoms. The molecule has 2 amide bonds. The van der Waals surface area contributed by atoms with Crippen molar-refractivity contribution in [2.45, 2.75) is 18.9 Å². The van der Waals surface area contributed by atoms with Gasteiger partial charge in [0.25, 0.3) is 0 Å². The van der Waals surface area contributed by atoms with E-state index in [1.807, 2.05) is 18.2 Å². The lowest BCUT2D eigenvalue weighted by Gasteiger charge is -2.09. The highest BCUT2D eigenvalue weighted by Gasteiger charge is 2.23. The average Bonchev–Trinajstić information content (AvgIpc) is 3.30. The van der Waals surface area contributed by atoms with Gasteiger partial charge >= 0.3 is 6.03 Å². The monoisotopic (exact) mass is 295 g/mol. The summed E-state index contributed by atoms with van der Waals surface area (Å²) >= 11 is 0. The van der Waals surface area contributed by atoms with Crippen LogP contribution >= 0.6 is 0 Å². The summed E-state index contributed by atoms with van der Waals surface area (Å²) in [6, 6.07) is 10.1. The topological polar surface area (TPSA) is 84.2 Å². The minimum atomic E-state index is -0.364. The largest absolute Gasteiger partial charge is 0.453 e. The smallest absolute Gasteiger partial charge is 0.319 e. The van der Waals surface area contributed by atoms with Crippen LogP contribution < -0.4 is 16.1 Å². The third-order valence-electron chi connectivity index (χ3n) is 3.55. The van der Waals surface area contributed by atoms with Crippen LogP contribution in [0.5, 0.6) is 0 Å². The van der Waals surface area contributed by atoms with E-state index in [4.69, 9.17) is 4.42 Å². The Bertz CT molecular complexity index is 899. The molecular formula is C16H13N3O3. The van der Waals surface area contributed by atoms with E-state index < -0.39 is 0 Å². The minimum absolute atomic E-state index is 0.198. The summed E-state index contributed by atoms with van der Waals surface area (Å²) in [5, 5.41) is 5.35. The Labute approximate surface area is 125 Å². The second-order valence-electron chi connectivity index (χ2n) is 5.37. The van der Waals surface area contributed by atoms with Crippen LogP contribution in [0.1, 0.15) is 12.8 Å². The normalized spacial score (nSPS) is 14.2. The van der Waals surface area contributed by atoms with Gasteiger partial charge in [-0.05, 0) is 31.0 Å². The van der Waals surface area contributed by atoms with Crippen LogP contribution in [0.4, 0.5) is 10.5 Å². The minimum Gasteiger partial charge on any atom is -0.453 e. The molecule has 1 aromatic rings. The number of carbonyl (C=O) groups is 1. The van der Waals surface area contributed by atoms with E-state index in [2.05, 4.69) is 15.6 Å². The molecule has 0 aromatic heterocycles. The van der Waals surface area contributed by atoms with Crippen LogP contribution in [0.3, 0.4) is 0 Å². The van der Waals surface area contributed by atoms with Gasteiger partial charge in [-0.3, -0.25) is 4.79 Å². The molecule has 0 atom stereocenters. The Morgan fingerprint density at radius 1 is 1.23 bits per heavy atom. The van der Waals surface area contributed by atoms with Gasteiger partial charge in [-0.15, -0.1) is 0 Å². The first kappa shape index (κ1) is 12.8. The predicted octanol–water partition coefficient (Wildman–Crippen LogP) is 2.58. The molecule has 0 unspecified atom stereocenters. The zero-order chi connectivity index (χ0) is 15.1. The number of hydrogen-bond acceptors (Lipinski definition) is 4. The average molecular weight is 295 g/mol. The quantitative estimate of drug-likeness (QED) is 0.712. The number of para-hydroxylation sites is 2. The highest BCUT2D eigenvalue weighted by molar-refractivity contribution is 5.90. The van der Waals surface area contributed by atoms with Gasteiger partial charge in [0.05, 0.1) is 5.69 Å². The summed E-state index contributed by atoms with van der Waals surface area (Å²) in [5.41, 5.74) is 1.73. The van der Waals surface area contributed by atoms with Crippen molar-refractivity contribution in [3.63, 3.8) is 0 Å². The van der Waals surface area contributed by atoms with E-state index in [1.165, 1.54) is 6.07 Å². The van der Waals surface area contributed by atoms with Gasteiger partial charge in [0.2, 0.25) is 5.43 Å². The first-order chi connectivity index (χ1) is 10.7. The Kier molecular flexibility index (Phi) is 2.82. The second kappa shape index (κ2) is 4.84. The zero-order valence-corrected chi connectivity index (χ0v) is 11.6. The van der Waals surface area contributed by atoms with Gasteiger partial charge in [-0.2, -0.15) is 0 Å². The molecule has 0 saturated heterocycles. The van der Waals surface area contributed by atoms with Gasteiger partial charge in [0.15, 0.2) is 11.3 Å². The number of nitrogens with zero attached hydrogens (tertiary/aromatic N) is 1. The summed E-state index contributed by atoms with van der Waals surface area (Å²) in [6.07, 6.45) is 1.98. The van der Waals surface area contributed by atoms with Crippen molar-refractivity contribution in [1.29, 1.82) is 0 Å². The number of urea groups is 1. The molecule has 2 N–H and O–H groups in total. The van der Waals surface area contributed by atoms with Crippen molar-refractivity contribution >= 4 is 22.8 Å². The lowest BCUT2D eigenvalue weighted by atomic mass is 10.2. The van der Waals surface area contributed by atoms with Crippen LogP contribution in [-0.2, 0) is 0 Å². The van der Waals surface area contributed by atoms with Crippen molar-refractivity contribution in [3.8, 4) is 11.5 Å². The summed E-state index contributed by atoms with van der Waals surface area (Å²) in [7, 11) is 0. The van der Waals surface area contributed by atoms with Gasteiger partial charge in [0, 0.05) is 12.1 Å². The van der Waals surface area contributed by atoms with E-state index >= 15 is 0 Å². The SMILES string of the molecule is O=C(Nc1cc2nc3ccccc3oc-2cc1=O)NC1CC1. The summed E-state index contributed by atoms with van der Waals surface area (Å²) < 4.78 is 5.67. The van der Waals surface area contributed by atoms with Crippen LogP contribution in [0.2, 0.25) is 0 Å². The lowest BCUT2D eigenvalue weighted by molar-refractivity contribution is 0.251. The van der Waals surface area contributed by atoms with Gasteiger partial charge < -0.3 is 15.1 Å². The molecule has 3 aliphatic rings. The summed E-state index contributed by atoms with van der Waals surface area (Å²) in [5.74, 6) is 0.400. The van der Waals surface area contributed by atoms with Crippen LogP contribution in [-0.4, -0.2) is 17.1 Å². The molecule has 6 heteroatoms. The summed E-state index contributed by atoms with van der Waals surface area (Å²) in [6.45, 7) is 0. The maximum atomic E-state index is 12.1. The number of anilines is 1. The lowest BCUT2D eigenvalue weighted by Crippen LogP contribution is -2.32. The highest BCUT2D eigenvalue weighted by Crippen LogP contribution is 2.25. The molecule has 110 valence electrons. The third-order valence-corrected chi connectivity index (χ3v) is 3.55. The predicted molar refractivity (Wildman–Crippen MR) is 82.1 cm³/mol. The van der Waals surface area contributed by atoms with Crippen molar-refractivity contribution in [1.82, 2.24) is 10.3 Å². The number of rotatable bonds is 2. The fourth-order valence-corrected chi connectivity index (χ4v) is 2.27. The van der Waals surface area contributed by atoms with Crippen LogP contribution in [0.25, 0.3) is 22.6 Å². The molecule has 22 heavy (non-hydrogen) atoms. The summed E-state index contributed by atoms with van der Waals surface area (Å²) in [4.78, 5) is 28.3. The Balaban J connectivity index is 1.74. The molecule has 0 radical (unpaired) electrons. The Morgan fingerprint density at radius 2 is 2.05 bits per heavy atom. The van der Waals surface area contributed by atoms with E-state index in [1.54, 1.807) is 12.1 Å². The molecule has 1 heterocycles. The highest BCUT2D eigenvalue weighted by atomic mass is 16.3. The van der Waals surface area contributed by atoms with E-state index in [9.17, 15) is 9.59 Å². The first-order valence-electron chi connectivity index (χ1n) is 7.10. The molecule has 2 aliphatic carbocycles. The molecule has 1 fully saturated rings. The number of hydrogen-bond donors (Lipinski definition) is 2. The Morgan fingerprint density at radius 3 is 2.86 bits per heavy atom. The zero-order valence-electron chi connectivity index (χ0n) is 11.6. The molecular weight excluding hydrogens is 282 g/mol. The van der Waals surface area contributed by atoms with Crippen molar-refractivity contribution in [2.24, 2.45) is 0 Å². The molecule has 6 nitrogen and oxygen atoms in total. The van der Waals surface area contributed by atoms with Crippen molar-refractivity contribution in [2.75, 3.05) is 5.32 Å². The molecule has 1 saturated carbocycles. The number of carbonyl (C=O) groups excluding carboxylic acids is 1. The number of fused-ring (bicyclic) bond motifs is 2. The van der Waals surface area contributed by atoms with Crippen LogP contribution in [0, 0.1) is 0 Å². The molecule has 1 aliphatic heterocycles. The van der Waals surface area contributed by atoms with Gasteiger partial charge in [-0.1, -0.05) is 12.1 Å². The number of benzene rings is 2. The maximum absolute atomic E-state index is 12.1. The molecule has 0 bridgehead atoms. The Hall–Kier alpha value is -2.89. The maximum Gasteiger partial charge on any atom is 0.319 e. The fourth-order valence-electron chi connectivity index (χ4n) is 2.27. The van der Waals surface area contributed by atoms with Gasteiger partial charge in [0.1, 0.15) is 11.2 Å².